The molecule has 1 aromatic heterocycles. The number of amides is 1. The smallest absolute Gasteiger partial charge is 0.223 e. The topological polar surface area (TPSA) is 57.8 Å². The van der Waals surface area contributed by atoms with Gasteiger partial charge in [0.25, 0.3) is 0 Å². The number of aromatic nitrogens is 2. The lowest BCUT2D eigenvalue weighted by Gasteiger charge is -2.20. The van der Waals surface area contributed by atoms with Crippen molar-refractivity contribution in [1.82, 2.24) is 15.3 Å². The number of carbonyl (C=O) groups is 1. The Morgan fingerprint density at radius 1 is 1.50 bits per heavy atom. The SMILES string of the molecule is CCC(NC(=O)C(C)C(C)C)c1ncc[nH]1. The third-order valence-electron chi connectivity index (χ3n) is 2.99. The fourth-order valence-corrected chi connectivity index (χ4v) is 1.44. The zero-order valence-electron chi connectivity index (χ0n) is 10.4. The number of hydrogen-bond donors (Lipinski definition) is 2. The largest absolute Gasteiger partial charge is 0.347 e. The highest BCUT2D eigenvalue weighted by molar-refractivity contribution is 5.78. The molecule has 2 unspecified atom stereocenters. The van der Waals surface area contributed by atoms with Crippen LogP contribution in [-0.2, 0) is 4.79 Å². The highest BCUT2D eigenvalue weighted by Crippen LogP contribution is 2.15. The molecule has 2 N–H and O–H groups in total. The van der Waals surface area contributed by atoms with Crippen molar-refractivity contribution in [2.24, 2.45) is 11.8 Å². The molecular formula is C12H21N3O. The first kappa shape index (κ1) is 12.7. The van der Waals surface area contributed by atoms with E-state index in [9.17, 15) is 4.79 Å². The maximum Gasteiger partial charge on any atom is 0.223 e. The van der Waals surface area contributed by atoms with Gasteiger partial charge in [0.2, 0.25) is 5.91 Å². The molecule has 2 atom stereocenters. The summed E-state index contributed by atoms with van der Waals surface area (Å²) in [5.41, 5.74) is 0. The molecule has 0 fully saturated rings. The highest BCUT2D eigenvalue weighted by atomic mass is 16.1. The van der Waals surface area contributed by atoms with E-state index in [0.717, 1.165) is 12.2 Å². The summed E-state index contributed by atoms with van der Waals surface area (Å²) in [6, 6.07) is -0.0105. The Bertz CT molecular complexity index is 319. The minimum atomic E-state index is -0.0105. The molecule has 0 saturated carbocycles. The zero-order chi connectivity index (χ0) is 12.1. The molecule has 1 aromatic rings. The summed E-state index contributed by atoms with van der Waals surface area (Å²) in [7, 11) is 0. The lowest BCUT2D eigenvalue weighted by atomic mass is 9.97. The van der Waals surface area contributed by atoms with Gasteiger partial charge in [0.05, 0.1) is 6.04 Å². The van der Waals surface area contributed by atoms with Crippen LogP contribution < -0.4 is 5.32 Å². The van der Waals surface area contributed by atoms with Crippen LogP contribution in [0.15, 0.2) is 12.4 Å². The van der Waals surface area contributed by atoms with Gasteiger partial charge in [-0.2, -0.15) is 0 Å². The molecule has 4 nitrogen and oxygen atoms in total. The van der Waals surface area contributed by atoms with E-state index in [2.05, 4.69) is 29.1 Å². The minimum absolute atomic E-state index is 0.0105. The van der Waals surface area contributed by atoms with Crippen LogP contribution in [0, 0.1) is 11.8 Å². The van der Waals surface area contributed by atoms with Gasteiger partial charge < -0.3 is 10.3 Å². The van der Waals surface area contributed by atoms with Crippen LogP contribution in [-0.4, -0.2) is 15.9 Å². The third kappa shape index (κ3) is 3.08. The number of nitrogens with one attached hydrogen (secondary N) is 2. The van der Waals surface area contributed by atoms with Crippen molar-refractivity contribution in [2.75, 3.05) is 0 Å². The van der Waals surface area contributed by atoms with E-state index in [4.69, 9.17) is 0 Å². The van der Waals surface area contributed by atoms with Crippen LogP contribution in [0.4, 0.5) is 0 Å². The normalized spacial score (nSPS) is 14.8. The second kappa shape index (κ2) is 5.68. The van der Waals surface area contributed by atoms with Crippen molar-refractivity contribution < 1.29 is 4.79 Å². The van der Waals surface area contributed by atoms with Gasteiger partial charge in [-0.05, 0) is 12.3 Å². The van der Waals surface area contributed by atoms with Gasteiger partial charge in [-0.25, -0.2) is 4.98 Å². The summed E-state index contributed by atoms with van der Waals surface area (Å²) >= 11 is 0. The van der Waals surface area contributed by atoms with Crippen LogP contribution in [0.3, 0.4) is 0 Å². The van der Waals surface area contributed by atoms with Gasteiger partial charge in [0.15, 0.2) is 0 Å². The van der Waals surface area contributed by atoms with Gasteiger partial charge in [-0.3, -0.25) is 4.79 Å². The Balaban J connectivity index is 2.61. The van der Waals surface area contributed by atoms with E-state index in [1.165, 1.54) is 0 Å². The first-order chi connectivity index (χ1) is 7.56. The maximum atomic E-state index is 11.9. The van der Waals surface area contributed by atoms with Crippen LogP contribution in [0.5, 0.6) is 0 Å². The van der Waals surface area contributed by atoms with E-state index >= 15 is 0 Å². The maximum absolute atomic E-state index is 11.9. The molecule has 1 rings (SSSR count). The van der Waals surface area contributed by atoms with Crippen LogP contribution in [0.2, 0.25) is 0 Å². The van der Waals surface area contributed by atoms with Gasteiger partial charge in [0.1, 0.15) is 5.82 Å². The summed E-state index contributed by atoms with van der Waals surface area (Å²) in [6.07, 6.45) is 4.32. The monoisotopic (exact) mass is 223 g/mol. The molecule has 0 aliphatic rings. The van der Waals surface area contributed by atoms with Crippen molar-refractivity contribution >= 4 is 5.91 Å². The first-order valence-corrected chi connectivity index (χ1v) is 5.85. The molecule has 90 valence electrons. The molecule has 0 bridgehead atoms. The average molecular weight is 223 g/mol. The van der Waals surface area contributed by atoms with E-state index in [0.29, 0.717) is 5.92 Å². The summed E-state index contributed by atoms with van der Waals surface area (Å²) in [6.45, 7) is 8.10. The summed E-state index contributed by atoms with van der Waals surface area (Å²) < 4.78 is 0. The average Bonchev–Trinajstić information content (AvgIpc) is 2.77. The van der Waals surface area contributed by atoms with Crippen LogP contribution in [0.1, 0.15) is 46.0 Å². The molecule has 0 aliphatic heterocycles. The molecule has 0 radical (unpaired) electrons. The number of nitrogens with zero attached hydrogens (tertiary/aromatic N) is 1. The first-order valence-electron chi connectivity index (χ1n) is 5.85. The zero-order valence-corrected chi connectivity index (χ0v) is 10.4. The highest BCUT2D eigenvalue weighted by Gasteiger charge is 2.21. The Kier molecular flexibility index (Phi) is 4.52. The van der Waals surface area contributed by atoms with Crippen molar-refractivity contribution in [3.8, 4) is 0 Å². The van der Waals surface area contributed by atoms with Crippen molar-refractivity contribution in [3.63, 3.8) is 0 Å². The number of aromatic amines is 1. The molecule has 0 saturated heterocycles. The number of H-pyrrole nitrogens is 1. The lowest BCUT2D eigenvalue weighted by molar-refractivity contribution is -0.126. The molecule has 0 aromatic carbocycles. The summed E-state index contributed by atoms with van der Waals surface area (Å²) in [5.74, 6) is 1.31. The fraction of sp³-hybridized carbons (Fsp3) is 0.667. The Morgan fingerprint density at radius 3 is 2.62 bits per heavy atom. The summed E-state index contributed by atoms with van der Waals surface area (Å²) in [4.78, 5) is 19.1. The van der Waals surface area contributed by atoms with Gasteiger partial charge in [-0.1, -0.05) is 27.7 Å². The predicted octanol–water partition coefficient (Wildman–Crippen LogP) is 2.27. The lowest BCUT2D eigenvalue weighted by Crippen LogP contribution is -2.35. The summed E-state index contributed by atoms with van der Waals surface area (Å²) in [5, 5.41) is 3.02. The minimum Gasteiger partial charge on any atom is -0.347 e. The number of hydrogen-bond acceptors (Lipinski definition) is 2. The number of carbonyl (C=O) groups excluding carboxylic acids is 1. The molecule has 0 aliphatic carbocycles. The third-order valence-corrected chi connectivity index (χ3v) is 2.99. The Labute approximate surface area is 96.9 Å². The van der Waals surface area contributed by atoms with E-state index in [1.807, 2.05) is 13.8 Å². The van der Waals surface area contributed by atoms with Crippen molar-refractivity contribution in [3.05, 3.63) is 18.2 Å². The fourth-order valence-electron chi connectivity index (χ4n) is 1.44. The number of rotatable bonds is 5. The van der Waals surface area contributed by atoms with E-state index in [1.54, 1.807) is 12.4 Å². The van der Waals surface area contributed by atoms with Crippen molar-refractivity contribution in [1.29, 1.82) is 0 Å². The van der Waals surface area contributed by atoms with Gasteiger partial charge in [-0.15, -0.1) is 0 Å². The molecular weight excluding hydrogens is 202 g/mol. The number of imidazole rings is 1. The predicted molar refractivity (Wildman–Crippen MR) is 63.8 cm³/mol. The second-order valence-corrected chi connectivity index (χ2v) is 4.48. The van der Waals surface area contributed by atoms with Crippen molar-refractivity contribution in [2.45, 2.75) is 40.2 Å². The molecule has 16 heavy (non-hydrogen) atoms. The second-order valence-electron chi connectivity index (χ2n) is 4.48. The molecule has 4 heteroatoms. The van der Waals surface area contributed by atoms with Gasteiger partial charge >= 0.3 is 0 Å². The quantitative estimate of drug-likeness (QED) is 0.804. The van der Waals surface area contributed by atoms with Crippen LogP contribution >= 0.6 is 0 Å². The molecule has 0 spiro atoms. The Hall–Kier alpha value is -1.32. The van der Waals surface area contributed by atoms with E-state index < -0.39 is 0 Å². The standard InChI is InChI=1S/C12H21N3O/c1-5-10(11-13-6-7-14-11)15-12(16)9(4)8(2)3/h6-10H,5H2,1-4H3,(H,13,14)(H,15,16). The molecule has 1 heterocycles. The van der Waals surface area contributed by atoms with Gasteiger partial charge in [0, 0.05) is 18.3 Å². The van der Waals surface area contributed by atoms with E-state index in [-0.39, 0.29) is 17.9 Å². The molecule has 1 amide bonds. The van der Waals surface area contributed by atoms with Crippen LogP contribution in [0.25, 0.3) is 0 Å². The Morgan fingerprint density at radius 2 is 2.19 bits per heavy atom.